The second-order valence-corrected chi connectivity index (χ2v) is 10.3. The lowest BCUT2D eigenvalue weighted by Gasteiger charge is -2.18. The van der Waals surface area contributed by atoms with Crippen LogP contribution in [0.4, 0.5) is 0 Å². The van der Waals surface area contributed by atoms with Crippen molar-refractivity contribution in [2.24, 2.45) is 0 Å². The molecule has 0 aromatic carbocycles. The molecular formula is C10H17NSSi. The van der Waals surface area contributed by atoms with Crippen LogP contribution in [0.1, 0.15) is 5.56 Å². The number of hydrogen-bond donors (Lipinski definition) is 1. The van der Waals surface area contributed by atoms with Crippen LogP contribution in [0.5, 0.6) is 0 Å². The molecule has 1 aromatic heterocycles. The quantitative estimate of drug-likeness (QED) is 0.597. The van der Waals surface area contributed by atoms with E-state index in [1.54, 1.807) is 0 Å². The largest absolute Gasteiger partial charge is 0.265 e. The van der Waals surface area contributed by atoms with Crippen LogP contribution in [0.15, 0.2) is 24.5 Å². The molecule has 1 rings (SSSR count). The van der Waals surface area contributed by atoms with Gasteiger partial charge in [-0.25, -0.2) is 0 Å². The Kier molecular flexibility index (Phi) is 4.00. The van der Waals surface area contributed by atoms with Gasteiger partial charge in [0.05, 0.1) is 8.07 Å². The molecule has 0 amide bonds. The van der Waals surface area contributed by atoms with Crippen LogP contribution in [0.2, 0.25) is 19.1 Å². The first kappa shape index (κ1) is 10.8. The van der Waals surface area contributed by atoms with Crippen molar-refractivity contribution < 1.29 is 0 Å². The highest BCUT2D eigenvalue weighted by Gasteiger charge is 2.17. The second-order valence-electron chi connectivity index (χ2n) is 4.18. The fourth-order valence-electron chi connectivity index (χ4n) is 1.11. The van der Waals surface area contributed by atoms with Crippen molar-refractivity contribution >= 4 is 20.7 Å². The van der Waals surface area contributed by atoms with Crippen LogP contribution in [0.3, 0.4) is 0 Å². The number of hydrogen-bond acceptors (Lipinski definition) is 2. The number of rotatable bonds is 4. The van der Waals surface area contributed by atoms with Gasteiger partial charge in [0.25, 0.3) is 0 Å². The fourth-order valence-corrected chi connectivity index (χ4v) is 2.71. The maximum atomic E-state index is 4.40. The number of nitrogens with zero attached hydrogens (tertiary/aromatic N) is 1. The summed E-state index contributed by atoms with van der Waals surface area (Å²) in [7, 11) is -1.02. The van der Waals surface area contributed by atoms with Gasteiger partial charge in [-0.15, -0.1) is 0 Å². The molecule has 72 valence electrons. The predicted octanol–water partition coefficient (Wildman–Crippen LogP) is 2.80. The summed E-state index contributed by atoms with van der Waals surface area (Å²) in [6, 6.07) is 5.52. The molecule has 13 heavy (non-hydrogen) atoms. The van der Waals surface area contributed by atoms with E-state index in [0.717, 1.165) is 5.38 Å². The summed E-state index contributed by atoms with van der Waals surface area (Å²) in [5.41, 5.74) is 1.40. The van der Waals surface area contributed by atoms with E-state index in [4.69, 9.17) is 0 Å². The summed E-state index contributed by atoms with van der Waals surface area (Å²) < 4.78 is 0. The molecule has 0 atom stereocenters. The zero-order chi connectivity index (χ0) is 9.73. The average molecular weight is 211 g/mol. The summed E-state index contributed by atoms with van der Waals surface area (Å²) in [6.45, 7) is 4.78. The van der Waals surface area contributed by atoms with Crippen molar-refractivity contribution in [2.75, 3.05) is 5.38 Å². The maximum absolute atomic E-state index is 4.40. The number of aryl methyl sites for hydroxylation is 1. The van der Waals surface area contributed by atoms with Gasteiger partial charge in [0.2, 0.25) is 0 Å². The van der Waals surface area contributed by atoms with Crippen molar-refractivity contribution in [2.45, 2.75) is 25.6 Å². The number of pyridine rings is 1. The van der Waals surface area contributed by atoms with Gasteiger partial charge in [0.15, 0.2) is 0 Å². The van der Waals surface area contributed by atoms with Crippen molar-refractivity contribution in [1.82, 2.24) is 4.98 Å². The van der Waals surface area contributed by atoms with Crippen molar-refractivity contribution in [3.8, 4) is 0 Å². The highest BCUT2D eigenvalue weighted by atomic mass is 32.1. The molecule has 0 saturated carbocycles. The lowest BCUT2D eigenvalue weighted by atomic mass is 10.2. The van der Waals surface area contributed by atoms with Crippen LogP contribution in [0, 0.1) is 0 Å². The van der Waals surface area contributed by atoms with Gasteiger partial charge in [-0.2, -0.15) is 12.6 Å². The first-order valence-corrected chi connectivity index (χ1v) is 8.68. The number of thiol groups is 1. The minimum Gasteiger partial charge on any atom is -0.265 e. The van der Waals surface area contributed by atoms with Gasteiger partial charge >= 0.3 is 0 Å². The van der Waals surface area contributed by atoms with E-state index >= 15 is 0 Å². The van der Waals surface area contributed by atoms with E-state index in [2.05, 4.69) is 42.8 Å². The standard InChI is InChI=1S/C10H17NSSi/c1-13(2,9-12)8-5-10-3-6-11-7-4-10/h3-4,6-7,12H,5,8-9H2,1-2H3. The summed E-state index contributed by atoms with van der Waals surface area (Å²) in [6.07, 6.45) is 4.91. The molecule has 1 heterocycles. The lowest BCUT2D eigenvalue weighted by molar-refractivity contribution is 1.08. The first-order valence-electron chi connectivity index (χ1n) is 4.64. The number of aromatic nitrogens is 1. The van der Waals surface area contributed by atoms with Crippen LogP contribution in [0.25, 0.3) is 0 Å². The minimum atomic E-state index is -1.02. The van der Waals surface area contributed by atoms with Crippen LogP contribution < -0.4 is 0 Å². The Labute approximate surface area is 87.0 Å². The van der Waals surface area contributed by atoms with Gasteiger partial charge in [-0.3, -0.25) is 4.98 Å². The van der Waals surface area contributed by atoms with E-state index in [-0.39, 0.29) is 0 Å². The molecule has 0 unspecified atom stereocenters. The molecular weight excluding hydrogens is 194 g/mol. The van der Waals surface area contributed by atoms with E-state index in [1.807, 2.05) is 12.4 Å². The topological polar surface area (TPSA) is 12.9 Å². The Bertz CT molecular complexity index is 248. The van der Waals surface area contributed by atoms with Crippen molar-refractivity contribution in [3.05, 3.63) is 30.1 Å². The van der Waals surface area contributed by atoms with E-state index < -0.39 is 8.07 Å². The molecule has 0 fully saturated rings. The van der Waals surface area contributed by atoms with Gasteiger partial charge in [-0.1, -0.05) is 19.1 Å². The SMILES string of the molecule is C[Si](C)(CS)CCc1ccncc1. The fraction of sp³-hybridized carbons (Fsp3) is 0.500. The molecule has 0 N–H and O–H groups in total. The Morgan fingerprint density at radius 2 is 1.92 bits per heavy atom. The third-order valence-electron chi connectivity index (χ3n) is 2.27. The van der Waals surface area contributed by atoms with E-state index in [9.17, 15) is 0 Å². The maximum Gasteiger partial charge on any atom is 0.0578 e. The van der Waals surface area contributed by atoms with E-state index in [1.165, 1.54) is 18.0 Å². The predicted molar refractivity (Wildman–Crippen MR) is 64.1 cm³/mol. The van der Waals surface area contributed by atoms with Crippen molar-refractivity contribution in [1.29, 1.82) is 0 Å². The molecule has 0 aliphatic carbocycles. The third-order valence-corrected chi connectivity index (χ3v) is 7.30. The monoisotopic (exact) mass is 211 g/mol. The van der Waals surface area contributed by atoms with E-state index in [0.29, 0.717) is 0 Å². The Morgan fingerprint density at radius 1 is 1.31 bits per heavy atom. The minimum absolute atomic E-state index is 1.02. The summed E-state index contributed by atoms with van der Waals surface area (Å²) in [5, 5.41) is 1.08. The van der Waals surface area contributed by atoms with Gasteiger partial charge < -0.3 is 0 Å². The molecule has 0 saturated heterocycles. The van der Waals surface area contributed by atoms with Gasteiger partial charge in [0.1, 0.15) is 0 Å². The lowest BCUT2D eigenvalue weighted by Crippen LogP contribution is -2.28. The second kappa shape index (κ2) is 4.82. The molecule has 0 radical (unpaired) electrons. The van der Waals surface area contributed by atoms with Crippen molar-refractivity contribution in [3.63, 3.8) is 0 Å². The normalized spacial score (nSPS) is 11.6. The summed E-state index contributed by atoms with van der Waals surface area (Å²) >= 11 is 4.40. The highest BCUT2D eigenvalue weighted by molar-refractivity contribution is 7.82. The Morgan fingerprint density at radius 3 is 2.46 bits per heavy atom. The smallest absolute Gasteiger partial charge is 0.0578 e. The first-order chi connectivity index (χ1) is 6.14. The Hall–Kier alpha value is -0.283. The van der Waals surface area contributed by atoms with Gasteiger partial charge in [-0.05, 0) is 29.5 Å². The highest BCUT2D eigenvalue weighted by Crippen LogP contribution is 2.14. The molecule has 1 nitrogen and oxygen atoms in total. The molecule has 0 aliphatic rings. The Balaban J connectivity index is 2.44. The molecule has 1 aromatic rings. The van der Waals surface area contributed by atoms with Crippen LogP contribution in [-0.2, 0) is 6.42 Å². The zero-order valence-electron chi connectivity index (χ0n) is 8.33. The summed E-state index contributed by atoms with van der Waals surface area (Å²) in [4.78, 5) is 4.01. The third kappa shape index (κ3) is 3.96. The zero-order valence-corrected chi connectivity index (χ0v) is 10.2. The molecule has 0 spiro atoms. The summed E-state index contributed by atoms with van der Waals surface area (Å²) in [5.74, 6) is 0. The molecule has 0 bridgehead atoms. The molecule has 3 heteroatoms. The van der Waals surface area contributed by atoms with Gasteiger partial charge in [0, 0.05) is 12.4 Å². The average Bonchev–Trinajstić information content (AvgIpc) is 2.17. The van der Waals surface area contributed by atoms with Crippen LogP contribution >= 0.6 is 12.6 Å². The molecule has 0 aliphatic heterocycles. The van der Waals surface area contributed by atoms with Crippen LogP contribution in [-0.4, -0.2) is 18.4 Å².